The Hall–Kier alpha value is -2.43. The first-order valence-electron chi connectivity index (χ1n) is 10.7. The molecule has 1 aliphatic heterocycles. The topological polar surface area (TPSA) is 91.7 Å². The Morgan fingerprint density at radius 3 is 2.47 bits per heavy atom. The number of carbonyl (C=O) groups excluding carboxylic acids is 1. The van der Waals surface area contributed by atoms with Gasteiger partial charge >= 0.3 is 16.4 Å². The van der Waals surface area contributed by atoms with Crippen LogP contribution in [-0.2, 0) is 21.2 Å². The van der Waals surface area contributed by atoms with Crippen LogP contribution in [0.4, 0.5) is 19.0 Å². The van der Waals surface area contributed by atoms with Crippen LogP contribution in [0.5, 0.6) is 0 Å². The second-order valence-corrected chi connectivity index (χ2v) is 10.3. The molecule has 1 aromatic rings. The van der Waals surface area contributed by atoms with Crippen molar-refractivity contribution < 1.29 is 26.4 Å². The van der Waals surface area contributed by atoms with Crippen molar-refractivity contribution >= 4 is 27.6 Å². The molecule has 0 radical (unpaired) electrons. The summed E-state index contributed by atoms with van der Waals surface area (Å²) in [5.74, 6) is -0.502. The normalized spacial score (nSPS) is 25.7. The molecule has 0 unspecified atom stereocenters. The van der Waals surface area contributed by atoms with E-state index in [9.17, 15) is 26.4 Å². The molecule has 32 heavy (non-hydrogen) atoms. The van der Waals surface area contributed by atoms with Gasteiger partial charge in [-0.3, -0.25) is 4.79 Å². The number of alkyl halides is 3. The van der Waals surface area contributed by atoms with Crippen LogP contribution in [-0.4, -0.2) is 35.9 Å². The maximum absolute atomic E-state index is 13.0. The van der Waals surface area contributed by atoms with Crippen molar-refractivity contribution in [2.24, 2.45) is 22.2 Å². The summed E-state index contributed by atoms with van der Waals surface area (Å²) >= 11 is 0. The molecule has 0 aromatic carbocycles. The minimum absolute atomic E-state index is 0.0708. The maximum atomic E-state index is 13.0. The van der Waals surface area contributed by atoms with Crippen molar-refractivity contribution in [2.75, 3.05) is 11.9 Å². The van der Waals surface area contributed by atoms with E-state index in [0.717, 1.165) is 55.0 Å². The van der Waals surface area contributed by atoms with E-state index < -0.39 is 28.0 Å². The van der Waals surface area contributed by atoms with Crippen LogP contribution in [0.2, 0.25) is 0 Å². The Balaban J connectivity index is 1.63. The third-order valence-electron chi connectivity index (χ3n) is 6.12. The second kappa shape index (κ2) is 8.49. The molecule has 1 amide bonds. The van der Waals surface area contributed by atoms with Gasteiger partial charge in [0.05, 0.1) is 5.71 Å². The molecule has 0 spiro atoms. The van der Waals surface area contributed by atoms with Crippen LogP contribution >= 0.6 is 0 Å². The number of aromatic nitrogens is 1. The fourth-order valence-corrected chi connectivity index (χ4v) is 5.39. The monoisotopic (exact) mass is 470 g/mol. The third-order valence-corrected chi connectivity index (χ3v) is 7.47. The maximum Gasteiger partial charge on any atom is 0.433 e. The van der Waals surface area contributed by atoms with E-state index in [1.807, 2.05) is 0 Å². The molecule has 2 fully saturated rings. The molecule has 1 aromatic heterocycles. The zero-order valence-electron chi connectivity index (χ0n) is 17.6. The highest BCUT2D eigenvalue weighted by atomic mass is 32.2. The van der Waals surface area contributed by atoms with Gasteiger partial charge in [-0.1, -0.05) is 25.8 Å². The summed E-state index contributed by atoms with van der Waals surface area (Å²) < 4.78 is 69.8. The van der Waals surface area contributed by atoms with Gasteiger partial charge in [-0.05, 0) is 55.7 Å². The van der Waals surface area contributed by atoms with Crippen LogP contribution in [0.15, 0.2) is 34.4 Å². The molecule has 7 nitrogen and oxygen atoms in total. The number of carbonyl (C=O) groups is 1. The lowest BCUT2D eigenvalue weighted by Crippen LogP contribution is -2.40. The number of amides is 1. The predicted molar refractivity (Wildman–Crippen MR) is 113 cm³/mol. The van der Waals surface area contributed by atoms with Crippen molar-refractivity contribution in [2.45, 2.75) is 51.6 Å². The van der Waals surface area contributed by atoms with Gasteiger partial charge < -0.3 is 5.32 Å². The summed E-state index contributed by atoms with van der Waals surface area (Å²) in [6.07, 6.45) is 1.97. The smallest absolute Gasteiger partial charge is 0.305 e. The van der Waals surface area contributed by atoms with Gasteiger partial charge in [-0.15, -0.1) is 4.40 Å². The highest BCUT2D eigenvalue weighted by Gasteiger charge is 2.39. The number of halogens is 3. The molecule has 0 atom stereocenters. The van der Waals surface area contributed by atoms with E-state index in [1.165, 1.54) is 12.1 Å². The Kier molecular flexibility index (Phi) is 6.04. The van der Waals surface area contributed by atoms with E-state index in [-0.39, 0.29) is 29.9 Å². The fourth-order valence-electron chi connectivity index (χ4n) is 4.04. The zero-order valence-corrected chi connectivity index (χ0v) is 18.4. The van der Waals surface area contributed by atoms with Gasteiger partial charge in [0.2, 0.25) is 0 Å². The summed E-state index contributed by atoms with van der Waals surface area (Å²) in [4.78, 5) is 16.5. The van der Waals surface area contributed by atoms with Crippen LogP contribution in [0, 0.1) is 17.8 Å². The van der Waals surface area contributed by atoms with Gasteiger partial charge in [-0.25, -0.2) is 9.29 Å². The Labute approximate surface area is 185 Å². The third kappa shape index (κ3) is 5.13. The molecule has 0 bridgehead atoms. The van der Waals surface area contributed by atoms with Crippen molar-refractivity contribution in [1.82, 2.24) is 9.29 Å². The lowest BCUT2D eigenvalue weighted by atomic mass is 9.80. The fraction of sp³-hybridized carbons (Fsp3) is 0.571. The standard InChI is InChI=1S/C21H25F3N4O3S/c1-13-5-9-15(10-6-13)16-11-17(28(12-14-7-8-14)32(30,31)27-16)20(29)26-19-4-2-3-18(25-19)21(22,23)24/h2-4,11,13-15H,5-10,12H2,1H3,(H,25,26,29). The highest BCUT2D eigenvalue weighted by molar-refractivity contribution is 7.88. The summed E-state index contributed by atoms with van der Waals surface area (Å²) in [5.41, 5.74) is -0.931. The van der Waals surface area contributed by atoms with E-state index in [1.54, 1.807) is 0 Å². The summed E-state index contributed by atoms with van der Waals surface area (Å²) in [6, 6.07) is 3.16. The number of anilines is 1. The molecule has 11 heteroatoms. The van der Waals surface area contributed by atoms with Gasteiger partial charge in [0.25, 0.3) is 5.91 Å². The van der Waals surface area contributed by atoms with E-state index >= 15 is 0 Å². The number of allylic oxidation sites excluding steroid dienone is 1. The summed E-state index contributed by atoms with van der Waals surface area (Å²) in [6.45, 7) is 2.26. The second-order valence-electron chi connectivity index (χ2n) is 8.81. The average molecular weight is 471 g/mol. The summed E-state index contributed by atoms with van der Waals surface area (Å²) in [5, 5.41) is 2.34. The first kappa shape index (κ1) is 22.8. The number of rotatable bonds is 5. The Morgan fingerprint density at radius 2 is 1.84 bits per heavy atom. The lowest BCUT2D eigenvalue weighted by molar-refractivity contribution is -0.141. The zero-order chi connectivity index (χ0) is 23.1. The predicted octanol–water partition coefficient (Wildman–Crippen LogP) is 4.16. The molecule has 174 valence electrons. The summed E-state index contributed by atoms with van der Waals surface area (Å²) in [7, 11) is -4.12. The van der Waals surface area contributed by atoms with Crippen LogP contribution in [0.3, 0.4) is 0 Å². The molecule has 0 saturated heterocycles. The molecule has 1 N–H and O–H groups in total. The van der Waals surface area contributed by atoms with Gasteiger partial charge in [0.15, 0.2) is 0 Å². The van der Waals surface area contributed by atoms with Crippen molar-refractivity contribution in [3.63, 3.8) is 0 Å². The van der Waals surface area contributed by atoms with Gasteiger partial charge in [-0.2, -0.15) is 21.6 Å². The molecule has 2 saturated carbocycles. The number of pyridine rings is 1. The van der Waals surface area contributed by atoms with Crippen LogP contribution in [0.25, 0.3) is 0 Å². The van der Waals surface area contributed by atoms with Crippen LogP contribution < -0.4 is 5.32 Å². The molecule has 4 rings (SSSR count). The number of hydrogen-bond donors (Lipinski definition) is 1. The minimum atomic E-state index is -4.66. The Morgan fingerprint density at radius 1 is 1.16 bits per heavy atom. The SMILES string of the molecule is CC1CCC(C2=NS(=O)(=O)N(CC3CC3)C(C(=O)Nc3cccc(C(F)(F)F)n3)=C2)CC1. The largest absolute Gasteiger partial charge is 0.433 e. The quantitative estimate of drug-likeness (QED) is 0.700. The van der Waals surface area contributed by atoms with Crippen LogP contribution in [0.1, 0.15) is 51.1 Å². The van der Waals surface area contributed by atoms with Crippen molar-refractivity contribution in [3.05, 3.63) is 35.7 Å². The van der Waals surface area contributed by atoms with Crippen molar-refractivity contribution in [3.8, 4) is 0 Å². The first-order chi connectivity index (χ1) is 15.0. The first-order valence-corrected chi connectivity index (χ1v) is 12.1. The number of nitrogens with zero attached hydrogens (tertiary/aromatic N) is 3. The van der Waals surface area contributed by atoms with E-state index in [4.69, 9.17) is 0 Å². The van der Waals surface area contributed by atoms with Crippen molar-refractivity contribution in [1.29, 1.82) is 0 Å². The van der Waals surface area contributed by atoms with E-state index in [0.29, 0.717) is 11.6 Å². The number of hydrogen-bond acceptors (Lipinski definition) is 4. The number of nitrogens with one attached hydrogen (secondary N) is 1. The molecule has 2 heterocycles. The molecule has 2 aliphatic carbocycles. The molecular formula is C21H25F3N4O3S. The Bertz CT molecular complexity index is 1060. The van der Waals surface area contributed by atoms with Gasteiger partial charge in [0.1, 0.15) is 17.2 Å². The molecule has 3 aliphatic rings. The highest BCUT2D eigenvalue weighted by Crippen LogP contribution is 2.36. The van der Waals surface area contributed by atoms with Gasteiger partial charge in [0, 0.05) is 12.5 Å². The van der Waals surface area contributed by atoms with E-state index in [2.05, 4.69) is 21.6 Å². The minimum Gasteiger partial charge on any atom is -0.305 e. The average Bonchev–Trinajstić information content (AvgIpc) is 3.53. The lowest BCUT2D eigenvalue weighted by Gasteiger charge is -2.31. The molecular weight excluding hydrogens is 445 g/mol.